The summed E-state index contributed by atoms with van der Waals surface area (Å²) in [6.45, 7) is 4.08. The highest BCUT2D eigenvalue weighted by Crippen LogP contribution is 2.32. The summed E-state index contributed by atoms with van der Waals surface area (Å²) in [5, 5.41) is 0. The fourth-order valence-corrected chi connectivity index (χ4v) is 2.29. The Balaban J connectivity index is 3.14. The van der Waals surface area contributed by atoms with E-state index >= 15 is 0 Å². The first-order valence-corrected chi connectivity index (χ1v) is 6.13. The van der Waals surface area contributed by atoms with Crippen LogP contribution < -0.4 is 0 Å². The molecule has 0 aromatic carbocycles. The molecule has 0 bridgehead atoms. The van der Waals surface area contributed by atoms with Gasteiger partial charge in [-0.2, -0.15) is 0 Å². The molecule has 0 fully saturated rings. The molecule has 1 rings (SSSR count). The molecule has 2 atom stereocenters. The molecule has 0 saturated heterocycles. The van der Waals surface area contributed by atoms with Gasteiger partial charge in [-0.1, -0.05) is 13.8 Å². The van der Waals surface area contributed by atoms with Crippen molar-refractivity contribution in [1.29, 1.82) is 0 Å². The third kappa shape index (κ3) is 3.29. The van der Waals surface area contributed by atoms with Crippen LogP contribution in [0.2, 0.25) is 0 Å². The van der Waals surface area contributed by atoms with Crippen LogP contribution >= 0.6 is 0 Å². The summed E-state index contributed by atoms with van der Waals surface area (Å²) in [5.41, 5.74) is 1.08. The van der Waals surface area contributed by atoms with Crippen molar-refractivity contribution in [3.8, 4) is 0 Å². The number of aromatic nitrogens is 1. The quantitative estimate of drug-likeness (QED) is 0.751. The normalized spacial score (nSPS) is 14.6. The summed E-state index contributed by atoms with van der Waals surface area (Å²) in [6, 6.07) is 3.90. The van der Waals surface area contributed by atoms with Crippen molar-refractivity contribution < 1.29 is 9.53 Å². The lowest BCUT2D eigenvalue weighted by Gasteiger charge is -2.33. The Kier molecular flexibility index (Phi) is 5.28. The first-order valence-electron chi connectivity index (χ1n) is 6.13. The zero-order valence-corrected chi connectivity index (χ0v) is 11.8. The zero-order chi connectivity index (χ0) is 13.7. The molecular formula is C14H22N2O2. The van der Waals surface area contributed by atoms with Crippen LogP contribution in [0.25, 0.3) is 0 Å². The number of hydrogen-bond acceptors (Lipinski definition) is 4. The minimum absolute atomic E-state index is 0.000417. The lowest BCUT2D eigenvalue weighted by molar-refractivity contribution is -0.149. The molecule has 0 amide bonds. The second-order valence-corrected chi connectivity index (χ2v) is 4.98. The second kappa shape index (κ2) is 6.50. The van der Waals surface area contributed by atoms with Crippen LogP contribution in [-0.4, -0.2) is 37.1 Å². The van der Waals surface area contributed by atoms with E-state index in [2.05, 4.69) is 9.88 Å². The van der Waals surface area contributed by atoms with Crippen LogP contribution in [0.4, 0.5) is 0 Å². The molecule has 4 nitrogen and oxygen atoms in total. The largest absolute Gasteiger partial charge is 0.469 e. The van der Waals surface area contributed by atoms with Crippen molar-refractivity contribution in [1.82, 2.24) is 9.88 Å². The van der Waals surface area contributed by atoms with E-state index in [1.54, 1.807) is 12.4 Å². The summed E-state index contributed by atoms with van der Waals surface area (Å²) in [4.78, 5) is 18.1. The Bertz CT molecular complexity index is 377. The van der Waals surface area contributed by atoms with Gasteiger partial charge < -0.3 is 9.64 Å². The highest BCUT2D eigenvalue weighted by molar-refractivity contribution is 5.73. The molecule has 4 heteroatoms. The van der Waals surface area contributed by atoms with Crippen LogP contribution in [0.5, 0.6) is 0 Å². The van der Waals surface area contributed by atoms with Crippen molar-refractivity contribution in [3.63, 3.8) is 0 Å². The van der Waals surface area contributed by atoms with E-state index in [1.165, 1.54) is 7.11 Å². The molecule has 1 aromatic rings. The van der Waals surface area contributed by atoms with Gasteiger partial charge in [0.1, 0.15) is 0 Å². The van der Waals surface area contributed by atoms with E-state index in [1.807, 2.05) is 40.1 Å². The molecule has 0 radical (unpaired) electrons. The van der Waals surface area contributed by atoms with Gasteiger partial charge in [0.2, 0.25) is 0 Å². The van der Waals surface area contributed by atoms with Gasteiger partial charge in [-0.15, -0.1) is 0 Å². The maximum atomic E-state index is 12.0. The average Bonchev–Trinajstić information content (AvgIpc) is 2.35. The summed E-state index contributed by atoms with van der Waals surface area (Å²) < 4.78 is 4.95. The van der Waals surface area contributed by atoms with Gasteiger partial charge in [0.15, 0.2) is 0 Å². The molecule has 0 spiro atoms. The number of ether oxygens (including phenoxy) is 1. The molecular weight excluding hydrogens is 228 g/mol. The number of methoxy groups -OCH3 is 1. The molecule has 2 unspecified atom stereocenters. The number of esters is 1. The molecule has 18 heavy (non-hydrogen) atoms. The van der Waals surface area contributed by atoms with Crippen LogP contribution in [0.3, 0.4) is 0 Å². The summed E-state index contributed by atoms with van der Waals surface area (Å²) in [7, 11) is 5.39. The van der Waals surface area contributed by atoms with Gasteiger partial charge in [0.25, 0.3) is 0 Å². The topological polar surface area (TPSA) is 42.4 Å². The van der Waals surface area contributed by atoms with E-state index < -0.39 is 0 Å². The smallest absolute Gasteiger partial charge is 0.310 e. The lowest BCUT2D eigenvalue weighted by Crippen LogP contribution is -2.36. The number of nitrogens with zero attached hydrogens (tertiary/aromatic N) is 2. The molecule has 0 aliphatic rings. The summed E-state index contributed by atoms with van der Waals surface area (Å²) >= 11 is 0. The van der Waals surface area contributed by atoms with E-state index in [4.69, 9.17) is 4.74 Å². The Morgan fingerprint density at radius 2 is 1.83 bits per heavy atom. The minimum Gasteiger partial charge on any atom is -0.469 e. The van der Waals surface area contributed by atoms with Gasteiger partial charge in [-0.05, 0) is 37.7 Å². The minimum atomic E-state index is -0.188. The Morgan fingerprint density at radius 3 is 2.22 bits per heavy atom. The number of hydrogen-bond donors (Lipinski definition) is 0. The molecule has 0 aliphatic heterocycles. The maximum Gasteiger partial charge on any atom is 0.310 e. The molecule has 0 N–H and O–H groups in total. The number of pyridine rings is 1. The molecule has 0 saturated carbocycles. The van der Waals surface area contributed by atoms with E-state index in [0.29, 0.717) is 0 Å². The third-order valence-electron chi connectivity index (χ3n) is 3.14. The Morgan fingerprint density at radius 1 is 1.28 bits per heavy atom. The Hall–Kier alpha value is -1.42. The monoisotopic (exact) mass is 250 g/mol. The van der Waals surface area contributed by atoms with Crippen molar-refractivity contribution in [2.24, 2.45) is 11.8 Å². The van der Waals surface area contributed by atoms with Crippen molar-refractivity contribution in [3.05, 3.63) is 30.1 Å². The fourth-order valence-electron chi connectivity index (χ4n) is 2.29. The van der Waals surface area contributed by atoms with Crippen molar-refractivity contribution in [2.45, 2.75) is 19.9 Å². The van der Waals surface area contributed by atoms with Gasteiger partial charge in [0.05, 0.1) is 13.0 Å². The highest BCUT2D eigenvalue weighted by Gasteiger charge is 2.34. The molecule has 1 aromatic heterocycles. The first kappa shape index (κ1) is 14.6. The second-order valence-electron chi connectivity index (χ2n) is 4.98. The summed E-state index contributed by atoms with van der Waals surface area (Å²) in [6.07, 6.45) is 3.50. The van der Waals surface area contributed by atoms with Gasteiger partial charge in [-0.25, -0.2) is 0 Å². The number of carbonyl (C=O) groups excluding carboxylic acids is 1. The van der Waals surface area contributed by atoms with Crippen LogP contribution in [-0.2, 0) is 9.53 Å². The molecule has 100 valence electrons. The average molecular weight is 250 g/mol. The SMILES string of the molecule is COC(=O)C(C(C)C)C(c1ccncc1)N(C)C. The number of carbonyl (C=O) groups is 1. The third-order valence-corrected chi connectivity index (χ3v) is 3.14. The van der Waals surface area contributed by atoms with Crippen LogP contribution in [0.15, 0.2) is 24.5 Å². The number of rotatable bonds is 5. The molecule has 1 heterocycles. The van der Waals surface area contributed by atoms with E-state index in [0.717, 1.165) is 5.56 Å². The standard InChI is InChI=1S/C14H22N2O2/c1-10(2)12(14(17)18-5)13(16(3)4)11-6-8-15-9-7-11/h6-10,12-13H,1-5H3. The Labute approximate surface area is 109 Å². The van der Waals surface area contributed by atoms with Crippen LogP contribution in [0, 0.1) is 11.8 Å². The predicted molar refractivity (Wildman–Crippen MR) is 71.0 cm³/mol. The predicted octanol–water partition coefficient (Wildman–Crippen LogP) is 2.13. The summed E-state index contributed by atoms with van der Waals surface area (Å²) in [5.74, 6) is -0.147. The van der Waals surface area contributed by atoms with Gasteiger partial charge >= 0.3 is 5.97 Å². The van der Waals surface area contributed by atoms with Crippen molar-refractivity contribution >= 4 is 5.97 Å². The maximum absolute atomic E-state index is 12.0. The first-order chi connectivity index (χ1) is 8.49. The van der Waals surface area contributed by atoms with E-state index in [9.17, 15) is 4.79 Å². The van der Waals surface area contributed by atoms with Crippen molar-refractivity contribution in [2.75, 3.05) is 21.2 Å². The lowest BCUT2D eigenvalue weighted by atomic mass is 9.84. The fraction of sp³-hybridized carbons (Fsp3) is 0.571. The highest BCUT2D eigenvalue weighted by atomic mass is 16.5. The van der Waals surface area contributed by atoms with Crippen LogP contribution in [0.1, 0.15) is 25.5 Å². The van der Waals surface area contributed by atoms with Gasteiger partial charge in [0, 0.05) is 18.4 Å². The van der Waals surface area contributed by atoms with E-state index in [-0.39, 0.29) is 23.8 Å². The molecule has 0 aliphatic carbocycles. The van der Waals surface area contributed by atoms with Gasteiger partial charge in [-0.3, -0.25) is 9.78 Å². The zero-order valence-electron chi connectivity index (χ0n) is 11.8.